The number of fused-ring (bicyclic) bond motifs is 1. The minimum absolute atomic E-state index is 0.987. The Morgan fingerprint density at radius 2 is 1.50 bits per heavy atom. The molecule has 3 aromatic rings. The van der Waals surface area contributed by atoms with Gasteiger partial charge in [-0.3, -0.25) is 0 Å². The molecule has 0 radical (unpaired) electrons. The lowest BCUT2D eigenvalue weighted by molar-refractivity contribution is -0.578. The van der Waals surface area contributed by atoms with Crippen molar-refractivity contribution in [3.05, 3.63) is 85.2 Å². The van der Waals surface area contributed by atoms with Crippen LogP contribution in [0.1, 0.15) is 5.56 Å². The molecule has 3 rings (SSSR count). The highest BCUT2D eigenvalue weighted by Crippen LogP contribution is 2.18. The minimum Gasteiger partial charge on any atom is -0.167 e. The zero-order valence-electron chi connectivity index (χ0n) is 10.1. The van der Waals surface area contributed by atoms with E-state index in [4.69, 9.17) is 0 Å². The van der Waals surface area contributed by atoms with Gasteiger partial charge in [0.2, 0.25) is 5.70 Å². The molecule has 0 amide bonds. The van der Waals surface area contributed by atoms with Gasteiger partial charge in [-0.25, -0.2) is 0 Å². The fourth-order valence-electron chi connectivity index (χ4n) is 2.10. The zero-order valence-corrected chi connectivity index (χ0v) is 10.1. The van der Waals surface area contributed by atoms with Crippen LogP contribution >= 0.6 is 0 Å². The summed E-state index contributed by atoms with van der Waals surface area (Å²) in [5.74, 6) is 0. The Bertz CT molecular complexity index is 699. The number of nitrogens with zero attached hydrogens (tertiary/aromatic N) is 1. The van der Waals surface area contributed by atoms with Crippen molar-refractivity contribution in [2.75, 3.05) is 0 Å². The maximum atomic E-state index is 4.16. The number of hydrogen-bond acceptors (Lipinski definition) is 0. The Kier molecular flexibility index (Phi) is 2.66. The molecule has 0 bridgehead atoms. The van der Waals surface area contributed by atoms with Gasteiger partial charge in [0, 0.05) is 17.7 Å². The molecule has 0 aliphatic carbocycles. The second-order valence-corrected chi connectivity index (χ2v) is 4.29. The molecule has 0 N–H and O–H groups in total. The van der Waals surface area contributed by atoms with Crippen LogP contribution in [0, 0.1) is 0 Å². The predicted octanol–water partition coefficient (Wildman–Crippen LogP) is 3.65. The molecule has 0 saturated heterocycles. The summed E-state index contributed by atoms with van der Waals surface area (Å²) in [4.78, 5) is 0. The van der Waals surface area contributed by atoms with E-state index in [1.807, 2.05) is 35.2 Å². The van der Waals surface area contributed by atoms with Crippen LogP contribution in [-0.4, -0.2) is 0 Å². The van der Waals surface area contributed by atoms with Crippen LogP contribution in [0.5, 0.6) is 0 Å². The lowest BCUT2D eigenvalue weighted by Crippen LogP contribution is -2.30. The van der Waals surface area contributed by atoms with E-state index in [2.05, 4.69) is 49.0 Å². The van der Waals surface area contributed by atoms with E-state index in [9.17, 15) is 0 Å². The highest BCUT2D eigenvalue weighted by Gasteiger charge is 2.09. The number of pyridine rings is 1. The second-order valence-electron chi connectivity index (χ2n) is 4.29. The lowest BCUT2D eigenvalue weighted by Gasteiger charge is -2.02. The van der Waals surface area contributed by atoms with Crippen LogP contribution in [0.2, 0.25) is 0 Å². The molecule has 0 unspecified atom stereocenters. The molecular formula is C17H14N+. The average molecular weight is 232 g/mol. The molecule has 1 nitrogen and oxygen atoms in total. The molecule has 86 valence electrons. The van der Waals surface area contributed by atoms with Crippen LogP contribution in [0.15, 0.2) is 79.6 Å². The predicted molar refractivity (Wildman–Crippen MR) is 75.0 cm³/mol. The molecule has 0 spiro atoms. The van der Waals surface area contributed by atoms with E-state index in [0.717, 1.165) is 11.3 Å². The standard InChI is InChI=1S/C17H14N/c1-14(18-11-5-2-6-12-18)16-10-9-15-7-3-4-8-17(15)13-16/h2-13H,1H2/q+1. The maximum absolute atomic E-state index is 4.16. The third-order valence-corrected chi connectivity index (χ3v) is 3.11. The number of hydrogen-bond donors (Lipinski definition) is 0. The van der Waals surface area contributed by atoms with Crippen LogP contribution in [-0.2, 0) is 0 Å². The van der Waals surface area contributed by atoms with Crippen LogP contribution in [0.3, 0.4) is 0 Å². The number of rotatable bonds is 2. The fraction of sp³-hybridized carbons (Fsp3) is 0. The smallest absolute Gasteiger partial charge is 0.167 e. The molecule has 0 atom stereocenters. The van der Waals surface area contributed by atoms with Gasteiger partial charge in [-0.2, -0.15) is 4.57 Å². The first-order valence-corrected chi connectivity index (χ1v) is 5.99. The van der Waals surface area contributed by atoms with E-state index < -0.39 is 0 Å². The first-order valence-electron chi connectivity index (χ1n) is 5.99. The van der Waals surface area contributed by atoms with E-state index in [0.29, 0.717) is 0 Å². The molecule has 1 heterocycles. The van der Waals surface area contributed by atoms with Crippen molar-refractivity contribution in [2.24, 2.45) is 0 Å². The summed E-state index contributed by atoms with van der Waals surface area (Å²) < 4.78 is 2.03. The molecule has 1 heteroatoms. The Hall–Kier alpha value is -2.41. The Labute approximate surface area is 107 Å². The van der Waals surface area contributed by atoms with Gasteiger partial charge >= 0.3 is 0 Å². The molecule has 1 aromatic heterocycles. The van der Waals surface area contributed by atoms with E-state index in [-0.39, 0.29) is 0 Å². The summed E-state index contributed by atoms with van der Waals surface area (Å²) in [5, 5.41) is 2.50. The van der Waals surface area contributed by atoms with Gasteiger partial charge in [0.1, 0.15) is 0 Å². The van der Waals surface area contributed by atoms with Gasteiger partial charge < -0.3 is 0 Å². The quantitative estimate of drug-likeness (QED) is 0.594. The molecule has 0 saturated carbocycles. The third kappa shape index (κ3) is 1.91. The van der Waals surface area contributed by atoms with Crippen molar-refractivity contribution in [3.8, 4) is 0 Å². The van der Waals surface area contributed by atoms with E-state index >= 15 is 0 Å². The topological polar surface area (TPSA) is 3.88 Å². The molecule has 0 aliphatic rings. The van der Waals surface area contributed by atoms with Gasteiger partial charge in [-0.05, 0) is 29.5 Å². The van der Waals surface area contributed by atoms with Gasteiger partial charge in [-0.15, -0.1) is 0 Å². The van der Waals surface area contributed by atoms with Crippen molar-refractivity contribution in [3.63, 3.8) is 0 Å². The van der Waals surface area contributed by atoms with Crippen molar-refractivity contribution < 1.29 is 4.57 Å². The zero-order chi connectivity index (χ0) is 12.4. The van der Waals surface area contributed by atoms with Crippen molar-refractivity contribution in [1.82, 2.24) is 0 Å². The number of benzene rings is 2. The van der Waals surface area contributed by atoms with Gasteiger partial charge in [0.15, 0.2) is 12.4 Å². The lowest BCUT2D eigenvalue weighted by atomic mass is 10.1. The van der Waals surface area contributed by atoms with Crippen LogP contribution in [0.4, 0.5) is 0 Å². The van der Waals surface area contributed by atoms with Gasteiger partial charge in [-0.1, -0.05) is 36.4 Å². The minimum atomic E-state index is 0.987. The summed E-state index contributed by atoms with van der Waals surface area (Å²) in [6.07, 6.45) is 4.02. The number of aromatic nitrogens is 1. The highest BCUT2D eigenvalue weighted by molar-refractivity contribution is 5.85. The fourth-order valence-corrected chi connectivity index (χ4v) is 2.10. The van der Waals surface area contributed by atoms with Crippen molar-refractivity contribution in [1.29, 1.82) is 0 Å². The van der Waals surface area contributed by atoms with Gasteiger partial charge in [0.05, 0.1) is 0 Å². The summed E-state index contributed by atoms with van der Waals surface area (Å²) in [7, 11) is 0. The Balaban J connectivity index is 2.07. The Morgan fingerprint density at radius 1 is 0.778 bits per heavy atom. The van der Waals surface area contributed by atoms with Crippen molar-refractivity contribution in [2.45, 2.75) is 0 Å². The SMILES string of the molecule is C=C(c1ccc2ccccc2c1)[n+]1ccccc1. The highest BCUT2D eigenvalue weighted by atomic mass is 14.9. The van der Waals surface area contributed by atoms with Crippen LogP contribution < -0.4 is 4.57 Å². The Morgan fingerprint density at radius 3 is 2.28 bits per heavy atom. The third-order valence-electron chi connectivity index (χ3n) is 3.11. The first kappa shape index (κ1) is 10.7. The van der Waals surface area contributed by atoms with Crippen LogP contribution in [0.25, 0.3) is 16.5 Å². The molecule has 18 heavy (non-hydrogen) atoms. The molecule has 2 aromatic carbocycles. The summed E-state index contributed by atoms with van der Waals surface area (Å²) in [6, 6.07) is 20.8. The second kappa shape index (κ2) is 4.46. The summed E-state index contributed by atoms with van der Waals surface area (Å²) in [5.41, 5.74) is 2.13. The summed E-state index contributed by atoms with van der Waals surface area (Å²) >= 11 is 0. The monoisotopic (exact) mass is 232 g/mol. The van der Waals surface area contributed by atoms with E-state index in [1.54, 1.807) is 0 Å². The maximum Gasteiger partial charge on any atom is 0.210 e. The molecule has 0 fully saturated rings. The average Bonchev–Trinajstić information content (AvgIpc) is 2.47. The van der Waals surface area contributed by atoms with E-state index in [1.165, 1.54) is 10.8 Å². The molecule has 0 aliphatic heterocycles. The summed E-state index contributed by atoms with van der Waals surface area (Å²) in [6.45, 7) is 4.16. The largest absolute Gasteiger partial charge is 0.210 e. The normalized spacial score (nSPS) is 10.4. The van der Waals surface area contributed by atoms with Crippen molar-refractivity contribution >= 4 is 16.5 Å². The first-order chi connectivity index (χ1) is 8.84. The molecular weight excluding hydrogens is 218 g/mol. The van der Waals surface area contributed by atoms with Gasteiger partial charge in [0.25, 0.3) is 0 Å².